The third-order valence-electron chi connectivity index (χ3n) is 2.16. The van der Waals surface area contributed by atoms with Crippen molar-refractivity contribution in [2.45, 2.75) is 0 Å². The molecule has 0 aliphatic rings. The summed E-state index contributed by atoms with van der Waals surface area (Å²) in [6.07, 6.45) is 3.53. The van der Waals surface area contributed by atoms with E-state index < -0.39 is 5.97 Å². The van der Waals surface area contributed by atoms with Gasteiger partial charge in [0.15, 0.2) is 0 Å². The lowest BCUT2D eigenvalue weighted by Crippen LogP contribution is -1.95. The number of rotatable bonds is 2. The second kappa shape index (κ2) is 3.03. The summed E-state index contributed by atoms with van der Waals surface area (Å²) in [4.78, 5) is 10.7. The van der Waals surface area contributed by atoms with Gasteiger partial charge in [0.25, 0.3) is 0 Å². The summed E-state index contributed by atoms with van der Waals surface area (Å²) in [6.45, 7) is 3.66. The van der Waals surface area contributed by atoms with Crippen LogP contribution >= 0.6 is 0 Å². The highest BCUT2D eigenvalue weighted by Gasteiger charge is 2.04. The standard InChI is InChI=1S/C11H9NO2/c1-2-12-6-5-8-7-9(11(13)14)3-4-10(8)12/h2-7H,1H2,(H,13,14). The monoisotopic (exact) mass is 187 g/mol. The highest BCUT2D eigenvalue weighted by atomic mass is 16.4. The zero-order valence-corrected chi connectivity index (χ0v) is 7.47. The van der Waals surface area contributed by atoms with Crippen LogP contribution in [0.5, 0.6) is 0 Å². The Morgan fingerprint density at radius 1 is 1.43 bits per heavy atom. The largest absolute Gasteiger partial charge is 0.478 e. The van der Waals surface area contributed by atoms with Crippen LogP contribution in [0.4, 0.5) is 0 Å². The van der Waals surface area contributed by atoms with Crippen LogP contribution in [0.3, 0.4) is 0 Å². The zero-order chi connectivity index (χ0) is 10.1. The summed E-state index contributed by atoms with van der Waals surface area (Å²) in [7, 11) is 0. The molecule has 0 radical (unpaired) electrons. The summed E-state index contributed by atoms with van der Waals surface area (Å²) in [5.41, 5.74) is 1.27. The first-order valence-electron chi connectivity index (χ1n) is 4.19. The van der Waals surface area contributed by atoms with Crippen LogP contribution in [0.1, 0.15) is 10.4 Å². The van der Waals surface area contributed by atoms with Crippen molar-refractivity contribution in [1.29, 1.82) is 0 Å². The molecule has 1 N–H and O–H groups in total. The molecule has 1 heterocycles. The van der Waals surface area contributed by atoms with Crippen LogP contribution in [0.2, 0.25) is 0 Å². The first kappa shape index (κ1) is 8.56. The van der Waals surface area contributed by atoms with Gasteiger partial charge in [0, 0.05) is 17.8 Å². The number of benzene rings is 1. The molecule has 2 aromatic rings. The predicted octanol–water partition coefficient (Wildman–Crippen LogP) is 2.44. The van der Waals surface area contributed by atoms with Crippen molar-refractivity contribution in [2.75, 3.05) is 0 Å². The highest BCUT2D eigenvalue weighted by Crippen LogP contribution is 2.17. The number of hydrogen-bond acceptors (Lipinski definition) is 1. The normalized spacial score (nSPS) is 10.3. The molecular weight excluding hydrogens is 178 g/mol. The molecule has 0 saturated heterocycles. The van der Waals surface area contributed by atoms with Crippen molar-refractivity contribution in [3.8, 4) is 0 Å². The van der Waals surface area contributed by atoms with E-state index in [2.05, 4.69) is 6.58 Å². The van der Waals surface area contributed by atoms with Gasteiger partial charge in [-0.1, -0.05) is 6.58 Å². The maximum Gasteiger partial charge on any atom is 0.335 e. The maximum atomic E-state index is 10.7. The van der Waals surface area contributed by atoms with Gasteiger partial charge >= 0.3 is 5.97 Å². The van der Waals surface area contributed by atoms with Crippen molar-refractivity contribution in [1.82, 2.24) is 4.57 Å². The molecule has 0 amide bonds. The number of fused-ring (bicyclic) bond motifs is 1. The molecule has 14 heavy (non-hydrogen) atoms. The molecular formula is C11H9NO2. The number of aromatic carboxylic acids is 1. The number of carboxylic acid groups (broad SMARTS) is 1. The van der Waals surface area contributed by atoms with Crippen LogP contribution in [0.15, 0.2) is 37.0 Å². The molecule has 70 valence electrons. The van der Waals surface area contributed by atoms with Gasteiger partial charge in [0.05, 0.1) is 11.1 Å². The Bertz CT molecular complexity index is 511. The third kappa shape index (κ3) is 1.19. The molecule has 3 nitrogen and oxygen atoms in total. The van der Waals surface area contributed by atoms with E-state index in [1.54, 1.807) is 24.4 Å². The van der Waals surface area contributed by atoms with Gasteiger partial charge in [-0.2, -0.15) is 0 Å². The van der Waals surface area contributed by atoms with Crippen molar-refractivity contribution >= 4 is 23.1 Å². The Labute approximate surface area is 80.9 Å². The predicted molar refractivity (Wildman–Crippen MR) is 55.3 cm³/mol. The van der Waals surface area contributed by atoms with E-state index in [1.165, 1.54) is 0 Å². The van der Waals surface area contributed by atoms with Gasteiger partial charge < -0.3 is 9.67 Å². The van der Waals surface area contributed by atoms with Gasteiger partial charge in [-0.05, 0) is 24.3 Å². The summed E-state index contributed by atoms with van der Waals surface area (Å²) >= 11 is 0. The number of nitrogens with zero attached hydrogens (tertiary/aromatic N) is 1. The smallest absolute Gasteiger partial charge is 0.335 e. The molecule has 0 atom stereocenters. The quantitative estimate of drug-likeness (QED) is 0.784. The lowest BCUT2D eigenvalue weighted by atomic mass is 10.1. The van der Waals surface area contributed by atoms with E-state index in [1.807, 2.05) is 16.8 Å². The fourth-order valence-corrected chi connectivity index (χ4v) is 1.46. The summed E-state index contributed by atoms with van der Waals surface area (Å²) in [5, 5.41) is 9.69. The zero-order valence-electron chi connectivity index (χ0n) is 7.47. The molecule has 0 spiro atoms. The molecule has 0 saturated carbocycles. The lowest BCUT2D eigenvalue weighted by molar-refractivity contribution is 0.0697. The van der Waals surface area contributed by atoms with Crippen LogP contribution in [0.25, 0.3) is 17.1 Å². The van der Waals surface area contributed by atoms with Crippen LogP contribution < -0.4 is 0 Å². The Morgan fingerprint density at radius 2 is 2.21 bits per heavy atom. The Hall–Kier alpha value is -2.03. The topological polar surface area (TPSA) is 42.2 Å². The van der Waals surface area contributed by atoms with E-state index in [9.17, 15) is 4.79 Å². The van der Waals surface area contributed by atoms with Crippen molar-refractivity contribution < 1.29 is 9.90 Å². The SMILES string of the molecule is C=Cn1ccc2cc(C(=O)O)ccc21. The van der Waals surface area contributed by atoms with Gasteiger partial charge in [-0.15, -0.1) is 0 Å². The minimum atomic E-state index is -0.904. The minimum Gasteiger partial charge on any atom is -0.478 e. The first-order chi connectivity index (χ1) is 6.72. The van der Waals surface area contributed by atoms with E-state index in [4.69, 9.17) is 5.11 Å². The lowest BCUT2D eigenvalue weighted by Gasteiger charge is -1.97. The molecule has 0 unspecified atom stereocenters. The van der Waals surface area contributed by atoms with E-state index >= 15 is 0 Å². The number of carbonyl (C=O) groups is 1. The van der Waals surface area contributed by atoms with Gasteiger partial charge in [-0.25, -0.2) is 4.79 Å². The average Bonchev–Trinajstić information content (AvgIpc) is 2.59. The van der Waals surface area contributed by atoms with Gasteiger partial charge in [0.2, 0.25) is 0 Å². The second-order valence-electron chi connectivity index (χ2n) is 2.98. The Balaban J connectivity index is 2.68. The van der Waals surface area contributed by atoms with Crippen molar-refractivity contribution in [3.63, 3.8) is 0 Å². The fourth-order valence-electron chi connectivity index (χ4n) is 1.46. The van der Waals surface area contributed by atoms with Gasteiger partial charge in [0.1, 0.15) is 0 Å². The number of carboxylic acids is 1. The summed E-state index contributed by atoms with van der Waals surface area (Å²) in [5.74, 6) is -0.904. The first-order valence-corrected chi connectivity index (χ1v) is 4.19. The van der Waals surface area contributed by atoms with E-state index in [0.29, 0.717) is 5.56 Å². The highest BCUT2D eigenvalue weighted by molar-refractivity contribution is 5.94. The third-order valence-corrected chi connectivity index (χ3v) is 2.16. The van der Waals surface area contributed by atoms with E-state index in [-0.39, 0.29) is 0 Å². The van der Waals surface area contributed by atoms with Crippen LogP contribution in [-0.4, -0.2) is 15.6 Å². The molecule has 0 fully saturated rings. The molecule has 3 heteroatoms. The van der Waals surface area contributed by atoms with Crippen LogP contribution in [-0.2, 0) is 0 Å². The van der Waals surface area contributed by atoms with Crippen LogP contribution in [0, 0.1) is 0 Å². The molecule has 2 rings (SSSR count). The van der Waals surface area contributed by atoms with E-state index in [0.717, 1.165) is 10.9 Å². The van der Waals surface area contributed by atoms with Gasteiger partial charge in [-0.3, -0.25) is 0 Å². The molecule has 1 aromatic heterocycles. The molecule has 0 bridgehead atoms. The molecule has 1 aromatic carbocycles. The minimum absolute atomic E-state index is 0.305. The van der Waals surface area contributed by atoms with Crippen molar-refractivity contribution in [3.05, 3.63) is 42.6 Å². The average molecular weight is 187 g/mol. The summed E-state index contributed by atoms with van der Waals surface area (Å²) in [6, 6.07) is 6.88. The maximum absolute atomic E-state index is 10.7. The second-order valence-corrected chi connectivity index (χ2v) is 2.98. The molecule has 0 aliphatic heterocycles. The molecule has 0 aliphatic carbocycles. The Morgan fingerprint density at radius 3 is 2.86 bits per heavy atom. The van der Waals surface area contributed by atoms with Crippen molar-refractivity contribution in [2.24, 2.45) is 0 Å². The number of hydrogen-bond donors (Lipinski definition) is 1. The summed E-state index contributed by atoms with van der Waals surface area (Å²) < 4.78 is 1.85. The number of aromatic nitrogens is 1. The fraction of sp³-hybridized carbons (Fsp3) is 0. The Kier molecular flexibility index (Phi) is 1.85.